The van der Waals surface area contributed by atoms with E-state index in [0.717, 1.165) is 43.0 Å². The number of benzene rings is 1. The van der Waals surface area contributed by atoms with Crippen molar-refractivity contribution in [3.63, 3.8) is 0 Å². The van der Waals surface area contributed by atoms with Gasteiger partial charge in [-0.25, -0.2) is 0 Å². The van der Waals surface area contributed by atoms with Crippen molar-refractivity contribution < 1.29 is 4.52 Å². The fourth-order valence-corrected chi connectivity index (χ4v) is 3.55. The summed E-state index contributed by atoms with van der Waals surface area (Å²) in [6, 6.07) is 15.8. The summed E-state index contributed by atoms with van der Waals surface area (Å²) in [6.45, 7) is 1.73. The average Bonchev–Trinajstić information content (AvgIpc) is 3.36. The maximum Gasteiger partial charge on any atom is 0.266 e. The average molecular weight is 346 g/mol. The Kier molecular flexibility index (Phi) is 3.62. The molecule has 0 amide bonds. The first-order valence-corrected chi connectivity index (χ1v) is 8.82. The van der Waals surface area contributed by atoms with Crippen LogP contribution in [0.25, 0.3) is 17.1 Å². The van der Waals surface area contributed by atoms with Crippen molar-refractivity contribution in [3.8, 4) is 11.5 Å². The third-order valence-electron chi connectivity index (χ3n) is 4.85. The van der Waals surface area contributed by atoms with E-state index in [1.807, 2.05) is 54.7 Å². The minimum atomic E-state index is 0.292. The van der Waals surface area contributed by atoms with Gasteiger partial charge in [0.25, 0.3) is 11.8 Å². The third-order valence-corrected chi connectivity index (χ3v) is 4.85. The number of pyridine rings is 1. The maximum absolute atomic E-state index is 5.46. The van der Waals surface area contributed by atoms with E-state index in [1.165, 1.54) is 0 Å². The number of fused-ring (bicyclic) bond motifs is 1. The summed E-state index contributed by atoms with van der Waals surface area (Å²) in [6.07, 6.45) is 4.16. The maximum atomic E-state index is 5.46. The van der Waals surface area contributed by atoms with Gasteiger partial charge in [0.05, 0.1) is 0 Å². The first-order valence-electron chi connectivity index (χ1n) is 8.82. The second-order valence-corrected chi connectivity index (χ2v) is 6.54. The van der Waals surface area contributed by atoms with Crippen molar-refractivity contribution in [3.05, 3.63) is 60.6 Å². The normalized spacial score (nSPS) is 17.7. The molecule has 7 heteroatoms. The summed E-state index contributed by atoms with van der Waals surface area (Å²) < 4.78 is 7.53. The zero-order valence-electron chi connectivity index (χ0n) is 14.2. The van der Waals surface area contributed by atoms with E-state index in [9.17, 15) is 0 Å². The van der Waals surface area contributed by atoms with Crippen molar-refractivity contribution >= 4 is 11.6 Å². The van der Waals surface area contributed by atoms with Crippen molar-refractivity contribution in [1.29, 1.82) is 0 Å². The number of rotatable bonds is 3. The highest BCUT2D eigenvalue weighted by molar-refractivity contribution is 5.54. The molecule has 0 aliphatic carbocycles. The number of anilines is 1. The Labute approximate surface area is 150 Å². The molecular weight excluding hydrogens is 328 g/mol. The molecular formula is C19H18N6O. The molecule has 1 saturated heterocycles. The van der Waals surface area contributed by atoms with E-state index in [1.54, 1.807) is 0 Å². The van der Waals surface area contributed by atoms with Gasteiger partial charge in [-0.2, -0.15) is 4.98 Å². The molecule has 4 aromatic rings. The van der Waals surface area contributed by atoms with Crippen LogP contribution in [0.3, 0.4) is 0 Å². The van der Waals surface area contributed by atoms with Crippen LogP contribution in [0.4, 0.5) is 5.95 Å². The van der Waals surface area contributed by atoms with Gasteiger partial charge in [-0.1, -0.05) is 24.3 Å². The van der Waals surface area contributed by atoms with Crippen LogP contribution >= 0.6 is 0 Å². The highest BCUT2D eigenvalue weighted by Gasteiger charge is 2.27. The molecule has 4 heterocycles. The van der Waals surface area contributed by atoms with Crippen LogP contribution in [0, 0.1) is 0 Å². The Morgan fingerprint density at radius 2 is 1.88 bits per heavy atom. The van der Waals surface area contributed by atoms with Crippen molar-refractivity contribution in [2.24, 2.45) is 0 Å². The predicted molar refractivity (Wildman–Crippen MR) is 96.9 cm³/mol. The van der Waals surface area contributed by atoms with Gasteiger partial charge < -0.3 is 9.42 Å². The Bertz CT molecular complexity index is 1020. The van der Waals surface area contributed by atoms with Crippen LogP contribution < -0.4 is 4.90 Å². The van der Waals surface area contributed by atoms with E-state index in [4.69, 9.17) is 4.52 Å². The lowest BCUT2D eigenvalue weighted by Gasteiger charge is -2.30. The lowest BCUT2D eigenvalue weighted by atomic mass is 9.97. The molecule has 5 rings (SSSR count). The van der Waals surface area contributed by atoms with Gasteiger partial charge in [-0.3, -0.25) is 4.40 Å². The highest BCUT2D eigenvalue weighted by Crippen LogP contribution is 2.29. The highest BCUT2D eigenvalue weighted by atomic mass is 16.5. The van der Waals surface area contributed by atoms with Gasteiger partial charge >= 0.3 is 0 Å². The quantitative estimate of drug-likeness (QED) is 0.567. The number of piperidine rings is 1. The second kappa shape index (κ2) is 6.25. The van der Waals surface area contributed by atoms with Gasteiger partial charge in [0, 0.05) is 30.8 Å². The SMILES string of the molecule is c1ccc(-c2nc(N3CCCC(c4nnc5ccccn45)C3)no2)cc1. The summed E-state index contributed by atoms with van der Waals surface area (Å²) in [5.74, 6) is 2.48. The minimum Gasteiger partial charge on any atom is -0.337 e. The lowest BCUT2D eigenvalue weighted by molar-refractivity contribution is 0.421. The number of nitrogens with zero attached hydrogens (tertiary/aromatic N) is 6. The molecule has 1 fully saturated rings. The topological polar surface area (TPSA) is 72.4 Å². The number of hydrogen-bond donors (Lipinski definition) is 0. The lowest BCUT2D eigenvalue weighted by Crippen LogP contribution is -2.35. The predicted octanol–water partition coefficient (Wildman–Crippen LogP) is 3.16. The van der Waals surface area contributed by atoms with E-state index in [-0.39, 0.29) is 0 Å². The van der Waals surface area contributed by atoms with Crippen LogP contribution in [0.1, 0.15) is 24.6 Å². The van der Waals surface area contributed by atoms with Gasteiger partial charge in [-0.15, -0.1) is 10.2 Å². The number of aromatic nitrogens is 5. The van der Waals surface area contributed by atoms with Gasteiger partial charge in [0.2, 0.25) is 0 Å². The van der Waals surface area contributed by atoms with E-state index < -0.39 is 0 Å². The molecule has 1 aromatic carbocycles. The van der Waals surface area contributed by atoms with Crippen LogP contribution in [0.2, 0.25) is 0 Å². The Morgan fingerprint density at radius 1 is 1.00 bits per heavy atom. The second-order valence-electron chi connectivity index (χ2n) is 6.54. The molecule has 1 aliphatic rings. The summed E-state index contributed by atoms with van der Waals surface area (Å²) >= 11 is 0. The molecule has 26 heavy (non-hydrogen) atoms. The summed E-state index contributed by atoms with van der Waals surface area (Å²) in [5.41, 5.74) is 1.81. The molecule has 0 radical (unpaired) electrons. The zero-order chi connectivity index (χ0) is 17.3. The molecule has 1 unspecified atom stereocenters. The van der Waals surface area contributed by atoms with Crippen LogP contribution in [-0.2, 0) is 0 Å². The standard InChI is InChI=1S/C19H18N6O/c1-2-7-14(8-3-1)18-20-19(23-26-18)24-11-6-9-15(13-24)17-22-21-16-10-4-5-12-25(16)17/h1-5,7-8,10,12,15H,6,9,11,13H2. The fraction of sp³-hybridized carbons (Fsp3) is 0.263. The molecule has 1 atom stereocenters. The van der Waals surface area contributed by atoms with Gasteiger partial charge in [0.15, 0.2) is 5.65 Å². The Morgan fingerprint density at radius 3 is 2.81 bits per heavy atom. The molecule has 7 nitrogen and oxygen atoms in total. The molecule has 130 valence electrons. The fourth-order valence-electron chi connectivity index (χ4n) is 3.55. The summed E-state index contributed by atoms with van der Waals surface area (Å²) in [5, 5.41) is 12.9. The largest absolute Gasteiger partial charge is 0.337 e. The van der Waals surface area contributed by atoms with E-state index in [0.29, 0.717) is 17.8 Å². The summed E-state index contributed by atoms with van der Waals surface area (Å²) in [7, 11) is 0. The Hall–Kier alpha value is -3.22. The molecule has 1 aliphatic heterocycles. The van der Waals surface area contributed by atoms with Crippen LogP contribution in [0.15, 0.2) is 59.3 Å². The summed E-state index contributed by atoms with van der Waals surface area (Å²) in [4.78, 5) is 6.76. The van der Waals surface area contributed by atoms with E-state index >= 15 is 0 Å². The molecule has 0 spiro atoms. The van der Waals surface area contributed by atoms with Gasteiger partial charge in [-0.05, 0) is 42.3 Å². The smallest absolute Gasteiger partial charge is 0.266 e. The minimum absolute atomic E-state index is 0.292. The third kappa shape index (κ3) is 2.61. The monoisotopic (exact) mass is 346 g/mol. The first-order chi connectivity index (χ1) is 12.9. The molecule has 0 bridgehead atoms. The van der Waals surface area contributed by atoms with Crippen LogP contribution in [-0.4, -0.2) is 37.8 Å². The Balaban J connectivity index is 1.40. The molecule has 0 saturated carbocycles. The van der Waals surface area contributed by atoms with Crippen molar-refractivity contribution in [2.75, 3.05) is 18.0 Å². The van der Waals surface area contributed by atoms with Crippen LogP contribution in [0.5, 0.6) is 0 Å². The van der Waals surface area contributed by atoms with Gasteiger partial charge in [0.1, 0.15) is 5.82 Å². The zero-order valence-corrected chi connectivity index (χ0v) is 14.2. The van der Waals surface area contributed by atoms with Crippen molar-refractivity contribution in [2.45, 2.75) is 18.8 Å². The molecule has 3 aromatic heterocycles. The molecule has 0 N–H and O–H groups in total. The number of hydrogen-bond acceptors (Lipinski definition) is 6. The first kappa shape index (κ1) is 15.1. The van der Waals surface area contributed by atoms with E-state index in [2.05, 4.69) is 29.6 Å². The van der Waals surface area contributed by atoms with Crippen molar-refractivity contribution in [1.82, 2.24) is 24.7 Å².